The Morgan fingerprint density at radius 2 is 1.87 bits per heavy atom. The standard InChI is InChI=1S/C17H17ClO5/c1-16(14(20)22-2)13(19)17(8-3-9-17)12(23-15(16)21)10-4-6-11(18)7-5-10/h4-7,12H,3,8-9H2,1-2H3. The van der Waals surface area contributed by atoms with Crippen molar-refractivity contribution in [3.05, 3.63) is 34.9 Å². The molecule has 1 spiro atoms. The molecule has 6 heteroatoms. The number of halogens is 1. The summed E-state index contributed by atoms with van der Waals surface area (Å²) in [5.74, 6) is -2.13. The van der Waals surface area contributed by atoms with Gasteiger partial charge in [-0.2, -0.15) is 0 Å². The minimum absolute atomic E-state index is 0.403. The van der Waals surface area contributed by atoms with Gasteiger partial charge in [0.1, 0.15) is 6.10 Å². The molecule has 2 unspecified atom stereocenters. The van der Waals surface area contributed by atoms with E-state index in [1.165, 1.54) is 6.92 Å². The van der Waals surface area contributed by atoms with E-state index in [-0.39, 0.29) is 0 Å². The van der Waals surface area contributed by atoms with Gasteiger partial charge in [0.15, 0.2) is 5.78 Å². The molecule has 0 radical (unpaired) electrons. The summed E-state index contributed by atoms with van der Waals surface area (Å²) in [6, 6.07) is 6.87. The molecule has 2 atom stereocenters. The predicted octanol–water partition coefficient (Wildman–Crippen LogP) is 2.86. The number of carbonyl (C=O) groups excluding carboxylic acids is 3. The lowest BCUT2D eigenvalue weighted by Crippen LogP contribution is -2.61. The first-order valence-electron chi connectivity index (χ1n) is 7.46. The molecule has 2 aliphatic rings. The maximum Gasteiger partial charge on any atom is 0.331 e. The van der Waals surface area contributed by atoms with Crippen LogP contribution in [0.1, 0.15) is 37.9 Å². The molecule has 1 aliphatic heterocycles. The molecule has 1 aromatic rings. The topological polar surface area (TPSA) is 69.7 Å². The summed E-state index contributed by atoms with van der Waals surface area (Å²) in [4.78, 5) is 37.6. The van der Waals surface area contributed by atoms with Gasteiger partial charge < -0.3 is 9.47 Å². The Morgan fingerprint density at radius 3 is 2.35 bits per heavy atom. The third-order valence-corrected chi connectivity index (χ3v) is 5.31. The van der Waals surface area contributed by atoms with Gasteiger partial charge in [-0.25, -0.2) is 0 Å². The van der Waals surface area contributed by atoms with Crippen molar-refractivity contribution in [3.8, 4) is 0 Å². The first kappa shape index (κ1) is 16.0. The monoisotopic (exact) mass is 336 g/mol. The zero-order valence-corrected chi connectivity index (χ0v) is 13.7. The van der Waals surface area contributed by atoms with E-state index in [4.69, 9.17) is 16.3 Å². The molecule has 1 saturated carbocycles. The van der Waals surface area contributed by atoms with E-state index < -0.39 is 34.7 Å². The van der Waals surface area contributed by atoms with Crippen molar-refractivity contribution in [2.24, 2.45) is 10.8 Å². The van der Waals surface area contributed by atoms with Gasteiger partial charge in [-0.15, -0.1) is 0 Å². The van der Waals surface area contributed by atoms with Crippen LogP contribution < -0.4 is 0 Å². The van der Waals surface area contributed by atoms with Crippen LogP contribution in [0.3, 0.4) is 0 Å². The molecule has 1 heterocycles. The molecule has 122 valence electrons. The molecule has 5 nitrogen and oxygen atoms in total. The Balaban J connectivity index is 2.05. The summed E-state index contributed by atoms with van der Waals surface area (Å²) in [5.41, 5.74) is -2.04. The van der Waals surface area contributed by atoms with Crippen LogP contribution in [0, 0.1) is 10.8 Å². The molecule has 0 aromatic heterocycles. The summed E-state index contributed by atoms with van der Waals surface area (Å²) < 4.78 is 10.2. The molecule has 1 aromatic carbocycles. The Labute approximate surface area is 138 Å². The van der Waals surface area contributed by atoms with E-state index in [9.17, 15) is 14.4 Å². The van der Waals surface area contributed by atoms with E-state index in [1.54, 1.807) is 24.3 Å². The Hall–Kier alpha value is -1.88. The third kappa shape index (κ3) is 2.10. The summed E-state index contributed by atoms with van der Waals surface area (Å²) in [7, 11) is 1.16. The number of ether oxygens (including phenoxy) is 2. The van der Waals surface area contributed by atoms with Crippen LogP contribution >= 0.6 is 11.6 Å². The molecule has 23 heavy (non-hydrogen) atoms. The smallest absolute Gasteiger partial charge is 0.331 e. The van der Waals surface area contributed by atoms with Crippen molar-refractivity contribution in [3.63, 3.8) is 0 Å². The summed E-state index contributed by atoms with van der Waals surface area (Å²) >= 11 is 5.90. The van der Waals surface area contributed by atoms with E-state index in [2.05, 4.69) is 4.74 Å². The summed E-state index contributed by atoms with van der Waals surface area (Å²) in [6.07, 6.45) is 1.33. The highest BCUT2D eigenvalue weighted by Gasteiger charge is 2.67. The zero-order chi connectivity index (χ0) is 16.8. The van der Waals surface area contributed by atoms with Crippen molar-refractivity contribution >= 4 is 29.3 Å². The van der Waals surface area contributed by atoms with Crippen LogP contribution in [0.2, 0.25) is 5.02 Å². The van der Waals surface area contributed by atoms with Crippen molar-refractivity contribution in [2.45, 2.75) is 32.3 Å². The van der Waals surface area contributed by atoms with Gasteiger partial charge in [-0.05, 0) is 37.5 Å². The largest absolute Gasteiger partial charge is 0.468 e. The molecule has 1 saturated heterocycles. The first-order valence-corrected chi connectivity index (χ1v) is 7.84. The zero-order valence-electron chi connectivity index (χ0n) is 12.9. The molecule has 1 aliphatic carbocycles. The minimum atomic E-state index is -1.89. The second kappa shape index (κ2) is 5.34. The average Bonchev–Trinajstić information content (AvgIpc) is 2.50. The van der Waals surface area contributed by atoms with E-state index >= 15 is 0 Å². The second-order valence-electron chi connectivity index (χ2n) is 6.29. The fraction of sp³-hybridized carbons (Fsp3) is 0.471. The number of methoxy groups -OCH3 is 1. The van der Waals surface area contributed by atoms with Gasteiger partial charge in [0, 0.05) is 5.02 Å². The minimum Gasteiger partial charge on any atom is -0.468 e. The number of esters is 2. The molecule has 0 bridgehead atoms. The number of ketones is 1. The third-order valence-electron chi connectivity index (χ3n) is 5.05. The summed E-state index contributed by atoms with van der Waals surface area (Å²) in [5, 5.41) is 0.560. The van der Waals surface area contributed by atoms with E-state index in [0.717, 1.165) is 13.5 Å². The van der Waals surface area contributed by atoms with Gasteiger partial charge in [0.05, 0.1) is 12.5 Å². The predicted molar refractivity (Wildman–Crippen MR) is 81.7 cm³/mol. The fourth-order valence-electron chi connectivity index (χ4n) is 3.50. The van der Waals surface area contributed by atoms with Gasteiger partial charge in [0.25, 0.3) is 0 Å². The number of Topliss-reactive ketones (excluding diaryl/α,β-unsaturated/α-hetero) is 1. The van der Waals surface area contributed by atoms with E-state index in [0.29, 0.717) is 23.4 Å². The van der Waals surface area contributed by atoms with E-state index in [1.807, 2.05) is 0 Å². The van der Waals surface area contributed by atoms with Gasteiger partial charge >= 0.3 is 11.9 Å². The lowest BCUT2D eigenvalue weighted by atomic mass is 9.54. The molecule has 0 N–H and O–H groups in total. The Morgan fingerprint density at radius 1 is 1.26 bits per heavy atom. The number of hydrogen-bond donors (Lipinski definition) is 0. The van der Waals surface area contributed by atoms with Crippen LogP contribution in [0.15, 0.2) is 24.3 Å². The maximum atomic E-state index is 13.1. The highest BCUT2D eigenvalue weighted by Crippen LogP contribution is 2.59. The number of rotatable bonds is 2. The highest BCUT2D eigenvalue weighted by atomic mass is 35.5. The highest BCUT2D eigenvalue weighted by molar-refractivity contribution is 6.30. The molecule has 3 rings (SSSR count). The molecular weight excluding hydrogens is 320 g/mol. The molecule has 0 amide bonds. The van der Waals surface area contributed by atoms with Crippen LogP contribution in [0.25, 0.3) is 0 Å². The first-order chi connectivity index (χ1) is 10.9. The Bertz CT molecular complexity index is 677. The van der Waals surface area contributed by atoms with Crippen LogP contribution in [0.4, 0.5) is 0 Å². The lowest BCUT2D eigenvalue weighted by Gasteiger charge is -2.51. The summed E-state index contributed by atoms with van der Waals surface area (Å²) in [6.45, 7) is 1.29. The second-order valence-corrected chi connectivity index (χ2v) is 6.73. The quantitative estimate of drug-likeness (QED) is 0.613. The van der Waals surface area contributed by atoms with Crippen LogP contribution in [-0.4, -0.2) is 24.8 Å². The van der Waals surface area contributed by atoms with Gasteiger partial charge in [0.2, 0.25) is 5.41 Å². The van der Waals surface area contributed by atoms with Gasteiger partial charge in [-0.3, -0.25) is 14.4 Å². The lowest BCUT2D eigenvalue weighted by molar-refractivity contribution is -0.203. The Kier molecular flexibility index (Phi) is 3.71. The van der Waals surface area contributed by atoms with Crippen molar-refractivity contribution in [1.29, 1.82) is 0 Å². The average molecular weight is 337 g/mol. The molecular formula is C17H17ClO5. The normalized spacial score (nSPS) is 28.9. The fourth-order valence-corrected chi connectivity index (χ4v) is 3.63. The van der Waals surface area contributed by atoms with Crippen molar-refractivity contribution in [2.75, 3.05) is 7.11 Å². The maximum absolute atomic E-state index is 13.1. The molecule has 2 fully saturated rings. The number of cyclic esters (lactones) is 1. The number of carbonyl (C=O) groups is 3. The SMILES string of the molecule is COC(=O)C1(C)C(=O)OC(c2ccc(Cl)cc2)C2(CCC2)C1=O. The van der Waals surface area contributed by atoms with Crippen molar-refractivity contribution < 1.29 is 23.9 Å². The number of hydrogen-bond acceptors (Lipinski definition) is 5. The van der Waals surface area contributed by atoms with Gasteiger partial charge in [-0.1, -0.05) is 30.2 Å². The van der Waals surface area contributed by atoms with Crippen molar-refractivity contribution in [1.82, 2.24) is 0 Å². The van der Waals surface area contributed by atoms with Crippen LogP contribution in [0.5, 0.6) is 0 Å². The van der Waals surface area contributed by atoms with Crippen LogP contribution in [-0.2, 0) is 23.9 Å². The number of benzene rings is 1.